The highest BCUT2D eigenvalue weighted by Gasteiger charge is 2.21. The molecule has 2 N–H and O–H groups in total. The van der Waals surface area contributed by atoms with Crippen molar-refractivity contribution >= 4 is 11.6 Å². The second-order valence-electron chi connectivity index (χ2n) is 5.34. The minimum absolute atomic E-state index is 0.0622. The molecule has 104 valence electrons. The first-order chi connectivity index (χ1) is 9.06. The largest absolute Gasteiger partial charge is 0.372 e. The van der Waals surface area contributed by atoms with Gasteiger partial charge in [-0.15, -0.1) is 0 Å². The summed E-state index contributed by atoms with van der Waals surface area (Å²) >= 11 is 0. The van der Waals surface area contributed by atoms with E-state index in [0.717, 1.165) is 18.4 Å². The van der Waals surface area contributed by atoms with E-state index in [-0.39, 0.29) is 11.7 Å². The number of hydrogen-bond donors (Lipinski definition) is 2. The van der Waals surface area contributed by atoms with Crippen LogP contribution in [0.4, 0.5) is 10.1 Å². The Kier molecular flexibility index (Phi) is 4.40. The van der Waals surface area contributed by atoms with Gasteiger partial charge < -0.3 is 10.6 Å². The van der Waals surface area contributed by atoms with E-state index in [2.05, 4.69) is 10.6 Å². The predicted molar refractivity (Wildman–Crippen MR) is 74.6 cm³/mol. The van der Waals surface area contributed by atoms with Crippen molar-refractivity contribution in [2.75, 3.05) is 5.32 Å². The third-order valence-electron chi connectivity index (χ3n) is 3.59. The lowest BCUT2D eigenvalue weighted by Gasteiger charge is -2.19. The third kappa shape index (κ3) is 3.69. The molecule has 1 amide bonds. The molecule has 19 heavy (non-hydrogen) atoms. The number of carbonyl (C=O) groups excluding carboxylic acids is 1. The van der Waals surface area contributed by atoms with Crippen molar-refractivity contribution in [1.29, 1.82) is 0 Å². The van der Waals surface area contributed by atoms with Gasteiger partial charge in [0.15, 0.2) is 0 Å². The van der Waals surface area contributed by atoms with Crippen LogP contribution in [0.2, 0.25) is 0 Å². The number of nitrogens with one attached hydrogen (secondary N) is 2. The SMILES string of the molecule is Cc1ccc(F)c(NC(C)C(=O)NC2CCCC2)c1. The first-order valence-corrected chi connectivity index (χ1v) is 6.89. The predicted octanol–water partition coefficient (Wildman–Crippen LogP) is 2.99. The molecule has 0 bridgehead atoms. The van der Waals surface area contributed by atoms with Crippen LogP contribution in [-0.4, -0.2) is 18.0 Å². The van der Waals surface area contributed by atoms with Gasteiger partial charge in [0, 0.05) is 6.04 Å². The van der Waals surface area contributed by atoms with E-state index in [4.69, 9.17) is 0 Å². The van der Waals surface area contributed by atoms with Crippen molar-refractivity contribution < 1.29 is 9.18 Å². The fourth-order valence-corrected chi connectivity index (χ4v) is 2.44. The molecule has 1 aliphatic carbocycles. The first-order valence-electron chi connectivity index (χ1n) is 6.89. The fourth-order valence-electron chi connectivity index (χ4n) is 2.44. The maximum Gasteiger partial charge on any atom is 0.242 e. The molecular weight excluding hydrogens is 243 g/mol. The molecule has 1 saturated carbocycles. The molecule has 3 nitrogen and oxygen atoms in total. The second kappa shape index (κ2) is 6.04. The molecule has 0 aromatic heterocycles. The Morgan fingerprint density at radius 3 is 2.74 bits per heavy atom. The van der Waals surface area contributed by atoms with Crippen molar-refractivity contribution in [2.24, 2.45) is 0 Å². The Labute approximate surface area is 113 Å². The van der Waals surface area contributed by atoms with Gasteiger partial charge in [-0.3, -0.25) is 4.79 Å². The third-order valence-corrected chi connectivity index (χ3v) is 3.59. The molecule has 2 rings (SSSR count). The molecule has 1 unspecified atom stereocenters. The summed E-state index contributed by atoms with van der Waals surface area (Å²) in [4.78, 5) is 12.0. The smallest absolute Gasteiger partial charge is 0.242 e. The quantitative estimate of drug-likeness (QED) is 0.877. The highest BCUT2D eigenvalue weighted by Crippen LogP contribution is 2.19. The second-order valence-corrected chi connectivity index (χ2v) is 5.34. The average Bonchev–Trinajstić information content (AvgIpc) is 2.86. The summed E-state index contributed by atoms with van der Waals surface area (Å²) in [5.74, 6) is -0.390. The number of hydrogen-bond acceptors (Lipinski definition) is 2. The van der Waals surface area contributed by atoms with Gasteiger partial charge in [0.1, 0.15) is 11.9 Å². The van der Waals surface area contributed by atoms with Crippen molar-refractivity contribution in [3.63, 3.8) is 0 Å². The van der Waals surface area contributed by atoms with Gasteiger partial charge in [-0.05, 0) is 44.4 Å². The molecule has 1 atom stereocenters. The number of aryl methyl sites for hydroxylation is 1. The van der Waals surface area contributed by atoms with Crippen LogP contribution in [0.3, 0.4) is 0 Å². The van der Waals surface area contributed by atoms with Gasteiger partial charge in [0.05, 0.1) is 5.69 Å². The van der Waals surface area contributed by atoms with E-state index in [9.17, 15) is 9.18 Å². The van der Waals surface area contributed by atoms with Gasteiger partial charge in [-0.25, -0.2) is 4.39 Å². The maximum atomic E-state index is 13.6. The van der Waals surface area contributed by atoms with E-state index in [1.165, 1.54) is 18.9 Å². The summed E-state index contributed by atoms with van der Waals surface area (Å²) in [6.45, 7) is 3.65. The van der Waals surface area contributed by atoms with E-state index in [1.807, 2.05) is 6.92 Å². The van der Waals surface area contributed by atoms with Gasteiger partial charge >= 0.3 is 0 Å². The molecule has 1 fully saturated rings. The summed E-state index contributed by atoms with van der Waals surface area (Å²) in [7, 11) is 0. The van der Waals surface area contributed by atoms with Crippen molar-refractivity contribution in [1.82, 2.24) is 5.32 Å². The first kappa shape index (κ1) is 13.8. The van der Waals surface area contributed by atoms with Crippen molar-refractivity contribution in [2.45, 2.75) is 51.6 Å². The van der Waals surface area contributed by atoms with Crippen molar-refractivity contribution in [3.8, 4) is 0 Å². The minimum Gasteiger partial charge on any atom is -0.372 e. The van der Waals surface area contributed by atoms with Crippen LogP contribution >= 0.6 is 0 Å². The van der Waals surface area contributed by atoms with E-state index in [0.29, 0.717) is 11.7 Å². The zero-order chi connectivity index (χ0) is 13.8. The molecule has 4 heteroatoms. The number of amides is 1. The van der Waals surface area contributed by atoms with Gasteiger partial charge in [-0.1, -0.05) is 18.9 Å². The Hall–Kier alpha value is -1.58. The standard InChI is InChI=1S/C15H21FN2O/c1-10-7-8-13(16)14(9-10)17-11(2)15(19)18-12-5-3-4-6-12/h7-9,11-12,17H,3-6H2,1-2H3,(H,18,19). The molecule has 1 aromatic carbocycles. The van der Waals surface area contributed by atoms with Crippen LogP contribution in [0.15, 0.2) is 18.2 Å². The number of benzene rings is 1. The van der Waals surface area contributed by atoms with Gasteiger partial charge in [0.2, 0.25) is 5.91 Å². The van der Waals surface area contributed by atoms with E-state index < -0.39 is 6.04 Å². The highest BCUT2D eigenvalue weighted by molar-refractivity contribution is 5.84. The monoisotopic (exact) mass is 264 g/mol. The molecule has 1 aliphatic rings. The van der Waals surface area contributed by atoms with Crippen LogP contribution in [-0.2, 0) is 4.79 Å². The summed E-state index contributed by atoms with van der Waals surface area (Å²) in [5, 5.41) is 5.95. The highest BCUT2D eigenvalue weighted by atomic mass is 19.1. The molecule has 0 saturated heterocycles. The Balaban J connectivity index is 1.93. The van der Waals surface area contributed by atoms with Crippen LogP contribution in [0.5, 0.6) is 0 Å². The lowest BCUT2D eigenvalue weighted by Crippen LogP contribution is -2.42. The average molecular weight is 264 g/mol. The molecule has 0 spiro atoms. The lowest BCUT2D eigenvalue weighted by atomic mass is 10.2. The van der Waals surface area contributed by atoms with Crippen LogP contribution in [0, 0.1) is 12.7 Å². The number of halogens is 1. The zero-order valence-corrected chi connectivity index (χ0v) is 11.5. The van der Waals surface area contributed by atoms with E-state index in [1.54, 1.807) is 19.1 Å². The Morgan fingerprint density at radius 2 is 2.05 bits per heavy atom. The topological polar surface area (TPSA) is 41.1 Å². The van der Waals surface area contributed by atoms with E-state index >= 15 is 0 Å². The summed E-state index contributed by atoms with van der Waals surface area (Å²) in [6, 6.07) is 4.70. The molecular formula is C15H21FN2O. The van der Waals surface area contributed by atoms with Crippen LogP contribution < -0.4 is 10.6 Å². The molecule has 0 radical (unpaired) electrons. The summed E-state index contributed by atoms with van der Waals surface area (Å²) in [6.07, 6.45) is 4.47. The Morgan fingerprint density at radius 1 is 1.37 bits per heavy atom. The van der Waals surface area contributed by atoms with Gasteiger partial charge in [0.25, 0.3) is 0 Å². The van der Waals surface area contributed by atoms with Crippen LogP contribution in [0.1, 0.15) is 38.2 Å². The zero-order valence-electron chi connectivity index (χ0n) is 11.5. The van der Waals surface area contributed by atoms with Crippen LogP contribution in [0.25, 0.3) is 0 Å². The molecule has 0 aliphatic heterocycles. The normalized spacial score (nSPS) is 17.2. The summed E-state index contributed by atoms with van der Waals surface area (Å²) < 4.78 is 13.6. The lowest BCUT2D eigenvalue weighted by molar-refractivity contribution is -0.122. The number of rotatable bonds is 4. The van der Waals surface area contributed by atoms with Gasteiger partial charge in [-0.2, -0.15) is 0 Å². The van der Waals surface area contributed by atoms with Crippen molar-refractivity contribution in [3.05, 3.63) is 29.6 Å². The Bertz CT molecular complexity index is 455. The number of anilines is 1. The molecule has 0 heterocycles. The summed E-state index contributed by atoms with van der Waals surface area (Å²) in [5.41, 5.74) is 1.35. The minimum atomic E-state index is -0.433. The molecule has 1 aromatic rings. The number of carbonyl (C=O) groups is 1. The fraction of sp³-hybridized carbons (Fsp3) is 0.533. The maximum absolute atomic E-state index is 13.6.